The topological polar surface area (TPSA) is 93.7 Å². The van der Waals surface area contributed by atoms with Gasteiger partial charge in [0.05, 0.1) is 42.3 Å². The summed E-state index contributed by atoms with van der Waals surface area (Å²) in [4.78, 5) is 16.9. The number of carbonyl (C=O) groups is 1. The summed E-state index contributed by atoms with van der Waals surface area (Å²) in [6, 6.07) is 6.29. The molecule has 2 aliphatic heterocycles. The van der Waals surface area contributed by atoms with Crippen LogP contribution in [0.5, 0.6) is 11.5 Å². The van der Waals surface area contributed by atoms with Gasteiger partial charge >= 0.3 is 6.61 Å². The first-order chi connectivity index (χ1) is 16.9. The maximum atomic E-state index is 12.9. The van der Waals surface area contributed by atoms with Gasteiger partial charge in [-0.2, -0.15) is 8.78 Å². The predicted molar refractivity (Wildman–Crippen MR) is 130 cm³/mol. The van der Waals surface area contributed by atoms with Crippen molar-refractivity contribution in [1.29, 1.82) is 0 Å². The molecule has 1 fully saturated rings. The lowest BCUT2D eigenvalue weighted by atomic mass is 10.1. The lowest BCUT2D eigenvalue weighted by Crippen LogP contribution is -2.39. The highest BCUT2D eigenvalue weighted by molar-refractivity contribution is 7.81. The van der Waals surface area contributed by atoms with E-state index in [1.807, 2.05) is 6.07 Å². The van der Waals surface area contributed by atoms with Gasteiger partial charge in [-0.05, 0) is 18.2 Å². The van der Waals surface area contributed by atoms with Gasteiger partial charge in [0.15, 0.2) is 5.75 Å². The summed E-state index contributed by atoms with van der Waals surface area (Å²) in [7, 11) is 0. The van der Waals surface area contributed by atoms with Gasteiger partial charge in [-0.15, -0.1) is 0 Å². The molecule has 0 unspecified atom stereocenters. The largest absolute Gasteiger partial charge is 0.491 e. The Hall–Kier alpha value is -3.02. The monoisotopic (exact) mass is 524 g/mol. The van der Waals surface area contributed by atoms with E-state index in [0.717, 1.165) is 5.56 Å². The molecule has 1 aromatic carbocycles. The van der Waals surface area contributed by atoms with Crippen molar-refractivity contribution in [2.24, 2.45) is 5.92 Å². The Morgan fingerprint density at radius 2 is 2.17 bits per heavy atom. The van der Waals surface area contributed by atoms with Crippen LogP contribution in [0.1, 0.15) is 12.0 Å². The second kappa shape index (κ2) is 11.6. The fourth-order valence-electron chi connectivity index (χ4n) is 3.54. The number of nitrogens with zero attached hydrogens (tertiary/aromatic N) is 1. The van der Waals surface area contributed by atoms with E-state index in [4.69, 9.17) is 33.3 Å². The molecule has 0 spiro atoms. The Labute approximate surface area is 211 Å². The van der Waals surface area contributed by atoms with Crippen LogP contribution in [0.3, 0.4) is 0 Å². The molecule has 8 nitrogen and oxygen atoms in total. The highest BCUT2D eigenvalue weighted by atomic mass is 35.5. The number of nitrogens with one attached hydrogen (secondary N) is 3. The molecule has 1 saturated heterocycles. The van der Waals surface area contributed by atoms with Crippen LogP contribution < -0.4 is 25.4 Å². The molecule has 3 heterocycles. The van der Waals surface area contributed by atoms with Gasteiger partial charge in [0.25, 0.3) is 5.91 Å². The Morgan fingerprint density at radius 1 is 1.34 bits per heavy atom. The van der Waals surface area contributed by atoms with Crippen molar-refractivity contribution in [3.8, 4) is 11.5 Å². The normalized spacial score (nSPS) is 15.9. The molecule has 0 saturated carbocycles. The Balaban J connectivity index is 1.51. The van der Waals surface area contributed by atoms with Crippen molar-refractivity contribution in [3.05, 3.63) is 58.5 Å². The summed E-state index contributed by atoms with van der Waals surface area (Å²) in [5, 5.41) is 8.84. The minimum Gasteiger partial charge on any atom is -0.491 e. The SMILES string of the molecule is O=C1NCCC(NCc2ccncc2OCC2COC2)=C1C(=S)Nc1cccc(Cl)c1OC(F)F. The molecule has 35 heavy (non-hydrogen) atoms. The molecule has 2 aromatic rings. The van der Waals surface area contributed by atoms with Crippen LogP contribution in [0.15, 0.2) is 47.9 Å². The van der Waals surface area contributed by atoms with E-state index in [-0.39, 0.29) is 32.9 Å². The van der Waals surface area contributed by atoms with Crippen LogP contribution in [0.2, 0.25) is 5.02 Å². The summed E-state index contributed by atoms with van der Waals surface area (Å²) in [5.74, 6) is 0.364. The molecule has 4 rings (SSSR count). The third-order valence-corrected chi connectivity index (χ3v) is 5.99. The number of para-hydroxylation sites is 1. The number of rotatable bonds is 10. The Kier molecular flexibility index (Phi) is 8.32. The van der Waals surface area contributed by atoms with Crippen molar-refractivity contribution >= 4 is 40.4 Å². The quantitative estimate of drug-likeness (QED) is 0.405. The third-order valence-electron chi connectivity index (χ3n) is 5.38. The molecule has 3 N–H and O–H groups in total. The molecule has 0 atom stereocenters. The van der Waals surface area contributed by atoms with Gasteiger partial charge in [-0.25, -0.2) is 0 Å². The zero-order chi connectivity index (χ0) is 24.8. The molecular weight excluding hydrogens is 502 g/mol. The van der Waals surface area contributed by atoms with E-state index in [0.29, 0.717) is 56.7 Å². The number of alkyl halides is 2. The highest BCUT2D eigenvalue weighted by Crippen LogP contribution is 2.34. The molecule has 1 aromatic heterocycles. The maximum absolute atomic E-state index is 12.9. The number of carbonyl (C=O) groups excluding carboxylic acids is 1. The number of halogens is 3. The summed E-state index contributed by atoms with van der Waals surface area (Å²) in [6.07, 6.45) is 3.81. The van der Waals surface area contributed by atoms with Crippen molar-refractivity contribution in [1.82, 2.24) is 15.6 Å². The van der Waals surface area contributed by atoms with E-state index in [2.05, 4.69) is 25.7 Å². The Bertz CT molecular complexity index is 1130. The number of benzene rings is 1. The van der Waals surface area contributed by atoms with Gasteiger partial charge in [0.2, 0.25) is 0 Å². The number of pyridine rings is 1. The fraction of sp³-hybridized carbons (Fsp3) is 0.348. The molecule has 0 aliphatic carbocycles. The number of hydrogen-bond donors (Lipinski definition) is 3. The van der Waals surface area contributed by atoms with Crippen molar-refractivity contribution < 1.29 is 27.8 Å². The van der Waals surface area contributed by atoms with Gasteiger partial charge < -0.3 is 30.2 Å². The first-order valence-electron chi connectivity index (χ1n) is 10.9. The zero-order valence-corrected chi connectivity index (χ0v) is 20.1. The number of thiocarbonyl (C=S) groups is 1. The second-order valence-corrected chi connectivity index (χ2v) is 8.68. The van der Waals surface area contributed by atoms with E-state index in [9.17, 15) is 13.6 Å². The molecule has 12 heteroatoms. The fourth-order valence-corrected chi connectivity index (χ4v) is 4.09. The number of ether oxygens (including phenoxy) is 3. The number of amides is 1. The lowest BCUT2D eigenvalue weighted by molar-refractivity contribution is -0.117. The van der Waals surface area contributed by atoms with Crippen molar-refractivity contribution in [2.45, 2.75) is 19.6 Å². The zero-order valence-electron chi connectivity index (χ0n) is 18.5. The molecular formula is C23H23ClF2N4O4S. The molecule has 186 valence electrons. The average molecular weight is 525 g/mol. The minimum atomic E-state index is -3.08. The summed E-state index contributed by atoms with van der Waals surface area (Å²) >= 11 is 11.5. The molecule has 1 amide bonds. The standard InChI is InChI=1S/C23H23ClF2N4O4S/c24-15-2-1-3-17(20(15)34-23(25)26)30-22(35)19-16(5-7-28-21(19)31)29-8-14-4-6-27-9-18(14)33-12-13-10-32-11-13/h1-4,6,9,13,23,29H,5,7-8,10-12H2,(H,28,31)(H,30,35). The van der Waals surface area contributed by atoms with Gasteiger partial charge in [0, 0.05) is 42.9 Å². The van der Waals surface area contributed by atoms with E-state index in [1.54, 1.807) is 18.5 Å². The minimum absolute atomic E-state index is 0.0165. The van der Waals surface area contributed by atoms with Crippen molar-refractivity contribution in [3.63, 3.8) is 0 Å². The first kappa shape index (κ1) is 25.1. The van der Waals surface area contributed by atoms with Crippen LogP contribution in [0.25, 0.3) is 0 Å². The number of hydrogen-bond acceptors (Lipinski definition) is 7. The van der Waals surface area contributed by atoms with E-state index >= 15 is 0 Å². The molecule has 2 aliphatic rings. The maximum Gasteiger partial charge on any atom is 0.387 e. The van der Waals surface area contributed by atoms with Crippen LogP contribution in [0, 0.1) is 5.92 Å². The smallest absolute Gasteiger partial charge is 0.387 e. The Morgan fingerprint density at radius 3 is 2.91 bits per heavy atom. The van der Waals surface area contributed by atoms with Crippen LogP contribution >= 0.6 is 23.8 Å². The third kappa shape index (κ3) is 6.36. The van der Waals surface area contributed by atoms with Gasteiger partial charge in [-0.3, -0.25) is 9.78 Å². The van der Waals surface area contributed by atoms with E-state index < -0.39 is 6.61 Å². The molecule has 0 bridgehead atoms. The number of aromatic nitrogens is 1. The van der Waals surface area contributed by atoms with Gasteiger partial charge in [-0.1, -0.05) is 29.9 Å². The average Bonchev–Trinajstić information content (AvgIpc) is 2.79. The van der Waals surface area contributed by atoms with Crippen LogP contribution in [-0.4, -0.2) is 48.9 Å². The van der Waals surface area contributed by atoms with Crippen LogP contribution in [0.4, 0.5) is 14.5 Å². The first-order valence-corrected chi connectivity index (χ1v) is 11.6. The van der Waals surface area contributed by atoms with Gasteiger partial charge in [0.1, 0.15) is 10.7 Å². The van der Waals surface area contributed by atoms with Crippen molar-refractivity contribution in [2.75, 3.05) is 31.7 Å². The lowest BCUT2D eigenvalue weighted by Gasteiger charge is -2.26. The van der Waals surface area contributed by atoms with E-state index in [1.165, 1.54) is 12.1 Å². The molecule has 0 radical (unpaired) electrons. The summed E-state index contributed by atoms with van der Waals surface area (Å²) in [6.45, 7) is -0.394. The van der Waals surface area contributed by atoms with Crippen LogP contribution in [-0.2, 0) is 16.1 Å². The summed E-state index contributed by atoms with van der Waals surface area (Å²) in [5.41, 5.74) is 1.80. The summed E-state index contributed by atoms with van der Waals surface area (Å²) < 4.78 is 41.4. The number of anilines is 1. The highest BCUT2D eigenvalue weighted by Gasteiger charge is 2.26. The second-order valence-electron chi connectivity index (χ2n) is 7.86. The predicted octanol–water partition coefficient (Wildman–Crippen LogP) is 3.66.